The van der Waals surface area contributed by atoms with Gasteiger partial charge in [0.25, 0.3) is 0 Å². The summed E-state index contributed by atoms with van der Waals surface area (Å²) in [6, 6.07) is 17.3. The molecule has 1 atom stereocenters. The third kappa shape index (κ3) is 5.74. The maximum atomic E-state index is 12.9. The molecular weight excluding hydrogens is 408 g/mol. The lowest BCUT2D eigenvalue weighted by Gasteiger charge is -2.20. The van der Waals surface area contributed by atoms with Crippen molar-refractivity contribution in [1.29, 1.82) is 0 Å². The predicted octanol–water partition coefficient (Wildman–Crippen LogP) is 4.45. The molecule has 1 aliphatic heterocycles. The Morgan fingerprint density at radius 2 is 1.58 bits per heavy atom. The minimum atomic E-state index is -3.43. The van der Waals surface area contributed by atoms with Crippen LogP contribution in [-0.2, 0) is 21.2 Å². The predicted molar refractivity (Wildman–Crippen MR) is 122 cm³/mol. The first-order chi connectivity index (χ1) is 15.0. The van der Waals surface area contributed by atoms with Gasteiger partial charge in [-0.05, 0) is 61.3 Å². The molecule has 1 unspecified atom stereocenters. The number of carbonyl (C=O) groups is 1. The summed E-state index contributed by atoms with van der Waals surface area (Å²) in [5, 5.41) is 3.21. The highest BCUT2D eigenvalue weighted by molar-refractivity contribution is 7.89. The monoisotopic (exact) mass is 440 g/mol. The number of aryl methyl sites for hydroxylation is 1. The molecule has 0 aromatic heterocycles. The number of amides is 1. The maximum Gasteiger partial charge on any atom is 0.243 e. The van der Waals surface area contributed by atoms with Crippen molar-refractivity contribution in [2.24, 2.45) is 5.92 Å². The van der Waals surface area contributed by atoms with E-state index in [0.717, 1.165) is 44.1 Å². The van der Waals surface area contributed by atoms with Crippen LogP contribution in [0.4, 0.5) is 0 Å². The van der Waals surface area contributed by atoms with E-state index < -0.39 is 10.0 Å². The Morgan fingerprint density at radius 1 is 0.935 bits per heavy atom. The van der Waals surface area contributed by atoms with E-state index in [1.165, 1.54) is 5.56 Å². The van der Waals surface area contributed by atoms with Gasteiger partial charge in [0.15, 0.2) is 0 Å². The molecule has 166 valence electrons. The van der Waals surface area contributed by atoms with Gasteiger partial charge in [-0.3, -0.25) is 4.79 Å². The lowest BCUT2D eigenvalue weighted by Crippen LogP contribution is -2.31. The van der Waals surface area contributed by atoms with Gasteiger partial charge in [-0.2, -0.15) is 4.31 Å². The van der Waals surface area contributed by atoms with E-state index in [9.17, 15) is 13.2 Å². The lowest BCUT2D eigenvalue weighted by molar-refractivity contribution is -0.122. The number of hydrogen-bond acceptors (Lipinski definition) is 3. The van der Waals surface area contributed by atoms with Crippen molar-refractivity contribution in [2.75, 3.05) is 13.1 Å². The van der Waals surface area contributed by atoms with Crippen LogP contribution in [0.25, 0.3) is 0 Å². The normalized spacial score (nSPS) is 18.8. The molecule has 2 aromatic rings. The molecule has 0 spiro atoms. The molecule has 2 aromatic carbocycles. The average molecular weight is 441 g/mol. The van der Waals surface area contributed by atoms with Gasteiger partial charge in [-0.1, -0.05) is 55.3 Å². The first-order valence-corrected chi connectivity index (χ1v) is 12.9. The number of benzene rings is 2. The summed E-state index contributed by atoms with van der Waals surface area (Å²) in [7, 11) is -3.43. The Labute approximate surface area is 185 Å². The van der Waals surface area contributed by atoms with Gasteiger partial charge in [-0.15, -0.1) is 0 Å². The SMILES string of the molecule is O=C(CCc1ccc(S(=O)(=O)N2CCCCCC2)cc1)NC(c1ccccc1)C1CC1. The van der Waals surface area contributed by atoms with Gasteiger partial charge in [0, 0.05) is 19.5 Å². The highest BCUT2D eigenvalue weighted by atomic mass is 32.2. The van der Waals surface area contributed by atoms with Crippen LogP contribution in [0.3, 0.4) is 0 Å². The molecule has 4 rings (SSSR count). The molecule has 1 amide bonds. The van der Waals surface area contributed by atoms with Crippen LogP contribution in [0.15, 0.2) is 59.5 Å². The molecule has 2 aliphatic rings. The average Bonchev–Trinajstić information content (AvgIpc) is 3.64. The van der Waals surface area contributed by atoms with Crippen molar-refractivity contribution in [3.8, 4) is 0 Å². The highest BCUT2D eigenvalue weighted by Gasteiger charge is 2.33. The molecule has 1 aliphatic carbocycles. The summed E-state index contributed by atoms with van der Waals surface area (Å²) in [5.41, 5.74) is 2.15. The van der Waals surface area contributed by atoms with Crippen LogP contribution in [0.1, 0.15) is 62.1 Å². The smallest absolute Gasteiger partial charge is 0.243 e. The van der Waals surface area contributed by atoms with Gasteiger partial charge in [0.2, 0.25) is 15.9 Å². The van der Waals surface area contributed by atoms with Crippen molar-refractivity contribution >= 4 is 15.9 Å². The Hall–Kier alpha value is -2.18. The second-order valence-corrected chi connectivity index (χ2v) is 10.7. The lowest BCUT2D eigenvalue weighted by atomic mass is 10.0. The molecular formula is C25H32N2O3S. The van der Waals surface area contributed by atoms with E-state index in [4.69, 9.17) is 0 Å². The number of rotatable bonds is 8. The van der Waals surface area contributed by atoms with Crippen LogP contribution in [0.2, 0.25) is 0 Å². The zero-order chi connectivity index (χ0) is 21.7. The van der Waals surface area contributed by atoms with Gasteiger partial charge < -0.3 is 5.32 Å². The van der Waals surface area contributed by atoms with Gasteiger partial charge in [0.05, 0.1) is 10.9 Å². The largest absolute Gasteiger partial charge is 0.349 e. The fourth-order valence-electron chi connectivity index (χ4n) is 4.33. The molecule has 0 radical (unpaired) electrons. The van der Waals surface area contributed by atoms with Crippen molar-refractivity contribution < 1.29 is 13.2 Å². The van der Waals surface area contributed by atoms with E-state index in [0.29, 0.717) is 36.7 Å². The van der Waals surface area contributed by atoms with Crippen LogP contribution in [0.5, 0.6) is 0 Å². The number of sulfonamides is 1. The van der Waals surface area contributed by atoms with Gasteiger partial charge >= 0.3 is 0 Å². The first kappa shape index (κ1) is 22.0. The zero-order valence-electron chi connectivity index (χ0n) is 18.0. The standard InChI is InChI=1S/C25H32N2O3S/c28-24(26-25(22-13-14-22)21-8-4-3-5-9-21)17-12-20-10-15-23(16-11-20)31(29,30)27-18-6-1-2-7-19-27/h3-5,8-11,15-16,22,25H,1-2,6-7,12-14,17-19H2,(H,26,28). The highest BCUT2D eigenvalue weighted by Crippen LogP contribution is 2.41. The van der Waals surface area contributed by atoms with E-state index in [-0.39, 0.29) is 11.9 Å². The molecule has 1 heterocycles. The summed E-state index contributed by atoms with van der Waals surface area (Å²) in [6.07, 6.45) is 7.36. The molecule has 5 nitrogen and oxygen atoms in total. The van der Waals surface area contributed by atoms with Crippen LogP contribution in [0, 0.1) is 5.92 Å². The molecule has 0 bridgehead atoms. The number of hydrogen-bond donors (Lipinski definition) is 1. The summed E-state index contributed by atoms with van der Waals surface area (Å²) < 4.78 is 27.4. The molecule has 1 saturated carbocycles. The number of nitrogens with zero attached hydrogens (tertiary/aromatic N) is 1. The third-order valence-electron chi connectivity index (χ3n) is 6.34. The minimum Gasteiger partial charge on any atom is -0.349 e. The molecule has 6 heteroatoms. The Morgan fingerprint density at radius 3 is 2.19 bits per heavy atom. The molecule has 2 fully saturated rings. The number of carbonyl (C=O) groups excluding carboxylic acids is 1. The topological polar surface area (TPSA) is 66.5 Å². The molecule has 1 N–H and O–H groups in total. The van der Waals surface area contributed by atoms with Crippen molar-refractivity contribution in [3.05, 3.63) is 65.7 Å². The second-order valence-electron chi connectivity index (χ2n) is 8.76. The fraction of sp³-hybridized carbons (Fsp3) is 0.480. The van der Waals surface area contributed by atoms with E-state index in [1.54, 1.807) is 16.4 Å². The Bertz CT molecular complexity index is 962. The maximum absolute atomic E-state index is 12.9. The number of nitrogens with one attached hydrogen (secondary N) is 1. The van der Waals surface area contributed by atoms with E-state index >= 15 is 0 Å². The minimum absolute atomic E-state index is 0.0435. The molecule has 31 heavy (non-hydrogen) atoms. The van der Waals surface area contributed by atoms with Crippen molar-refractivity contribution in [3.63, 3.8) is 0 Å². The van der Waals surface area contributed by atoms with Crippen molar-refractivity contribution in [1.82, 2.24) is 9.62 Å². The van der Waals surface area contributed by atoms with E-state index in [2.05, 4.69) is 17.4 Å². The van der Waals surface area contributed by atoms with Crippen molar-refractivity contribution in [2.45, 2.75) is 62.3 Å². The quantitative estimate of drug-likeness (QED) is 0.659. The Kier molecular flexibility index (Phi) is 7.08. The molecule has 1 saturated heterocycles. The van der Waals surface area contributed by atoms with Crippen LogP contribution < -0.4 is 5.32 Å². The summed E-state index contributed by atoms with van der Waals surface area (Å²) >= 11 is 0. The fourth-order valence-corrected chi connectivity index (χ4v) is 5.84. The Balaban J connectivity index is 1.33. The second kappa shape index (κ2) is 9.96. The summed E-state index contributed by atoms with van der Waals surface area (Å²) in [5.74, 6) is 0.580. The summed E-state index contributed by atoms with van der Waals surface area (Å²) in [4.78, 5) is 12.9. The van der Waals surface area contributed by atoms with Gasteiger partial charge in [0.1, 0.15) is 0 Å². The van der Waals surface area contributed by atoms with Crippen LogP contribution >= 0.6 is 0 Å². The zero-order valence-corrected chi connectivity index (χ0v) is 18.8. The van der Waals surface area contributed by atoms with Crippen LogP contribution in [-0.4, -0.2) is 31.7 Å². The third-order valence-corrected chi connectivity index (χ3v) is 8.25. The summed E-state index contributed by atoms with van der Waals surface area (Å²) in [6.45, 7) is 1.21. The first-order valence-electron chi connectivity index (χ1n) is 11.5. The van der Waals surface area contributed by atoms with Gasteiger partial charge in [-0.25, -0.2) is 8.42 Å². The van der Waals surface area contributed by atoms with E-state index in [1.807, 2.05) is 30.3 Å².